The summed E-state index contributed by atoms with van der Waals surface area (Å²) in [5.74, 6) is -0.185. The second-order valence-corrected chi connectivity index (χ2v) is 8.59. The third-order valence-electron chi connectivity index (χ3n) is 4.28. The summed E-state index contributed by atoms with van der Waals surface area (Å²) in [5.41, 5.74) is 4.25. The van der Waals surface area contributed by atoms with Crippen molar-refractivity contribution in [1.82, 2.24) is 4.72 Å². The van der Waals surface area contributed by atoms with Crippen LogP contribution in [0.15, 0.2) is 41.3 Å². The van der Waals surface area contributed by atoms with Gasteiger partial charge in [0.1, 0.15) is 0 Å². The van der Waals surface area contributed by atoms with E-state index in [4.69, 9.17) is 0 Å². The summed E-state index contributed by atoms with van der Waals surface area (Å²) in [6, 6.07) is 11.2. The van der Waals surface area contributed by atoms with Gasteiger partial charge in [-0.3, -0.25) is 4.79 Å². The Bertz CT molecular complexity index is 897. The Morgan fingerprint density at radius 1 is 1.04 bits per heavy atom. The summed E-state index contributed by atoms with van der Waals surface area (Å²) in [6.45, 7) is 5.30. The zero-order valence-corrected chi connectivity index (χ0v) is 17.3. The van der Waals surface area contributed by atoms with Gasteiger partial charge in [0.2, 0.25) is 15.9 Å². The largest absolute Gasteiger partial charge is 0.378 e. The maximum absolute atomic E-state index is 12.6. The minimum atomic E-state index is -3.61. The van der Waals surface area contributed by atoms with Crippen LogP contribution in [0.1, 0.15) is 23.6 Å². The quantitative estimate of drug-likeness (QED) is 0.763. The fourth-order valence-electron chi connectivity index (χ4n) is 2.83. The number of amides is 1. The van der Waals surface area contributed by atoms with Gasteiger partial charge in [0, 0.05) is 38.9 Å². The van der Waals surface area contributed by atoms with Crippen LogP contribution < -0.4 is 14.9 Å². The normalized spacial score (nSPS) is 11.3. The van der Waals surface area contributed by atoms with Gasteiger partial charge in [0.05, 0.1) is 4.90 Å². The molecule has 0 aromatic heterocycles. The third-order valence-corrected chi connectivity index (χ3v) is 5.72. The van der Waals surface area contributed by atoms with Crippen LogP contribution in [0.5, 0.6) is 0 Å². The molecule has 2 rings (SSSR count). The molecular formula is C20H27N3O3S. The Kier molecular flexibility index (Phi) is 6.62. The van der Waals surface area contributed by atoms with Gasteiger partial charge < -0.3 is 10.2 Å². The lowest BCUT2D eigenvalue weighted by Gasteiger charge is -2.14. The van der Waals surface area contributed by atoms with Crippen LogP contribution in [-0.2, 0) is 21.2 Å². The standard InChI is InChI=1S/C20H27N3O3S/c1-14-12-19(13-15(2)20(14)22-16(3)24)27(25,26)21-11-10-17-6-8-18(9-7-17)23(4)5/h6-9,12-13,21H,10-11H2,1-5H3,(H,22,24). The molecule has 0 fully saturated rings. The predicted octanol–water partition coefficient (Wildman–Crippen LogP) is 2.85. The number of carbonyl (C=O) groups excluding carboxylic acids is 1. The van der Waals surface area contributed by atoms with Gasteiger partial charge in [0.25, 0.3) is 0 Å². The Morgan fingerprint density at radius 2 is 1.59 bits per heavy atom. The Hall–Kier alpha value is -2.38. The first kappa shape index (κ1) is 20.9. The molecular weight excluding hydrogens is 362 g/mol. The van der Waals surface area contributed by atoms with Crippen LogP contribution in [0.3, 0.4) is 0 Å². The van der Waals surface area contributed by atoms with Crippen molar-refractivity contribution in [3.63, 3.8) is 0 Å². The summed E-state index contributed by atoms with van der Waals surface area (Å²) in [4.78, 5) is 13.5. The molecule has 0 radical (unpaired) electrons. The lowest BCUT2D eigenvalue weighted by atomic mass is 10.1. The minimum Gasteiger partial charge on any atom is -0.378 e. The molecule has 0 aliphatic heterocycles. The number of anilines is 2. The molecule has 0 atom stereocenters. The SMILES string of the molecule is CC(=O)Nc1c(C)cc(S(=O)(=O)NCCc2ccc(N(C)C)cc2)cc1C. The maximum Gasteiger partial charge on any atom is 0.240 e. The Labute approximate surface area is 161 Å². The Morgan fingerprint density at radius 3 is 2.07 bits per heavy atom. The highest BCUT2D eigenvalue weighted by Crippen LogP contribution is 2.24. The summed E-state index contributed by atoms with van der Waals surface area (Å²) >= 11 is 0. The van der Waals surface area contributed by atoms with Crippen molar-refractivity contribution in [2.24, 2.45) is 0 Å². The number of carbonyl (C=O) groups is 1. The van der Waals surface area contributed by atoms with E-state index in [9.17, 15) is 13.2 Å². The van der Waals surface area contributed by atoms with Gasteiger partial charge in [-0.15, -0.1) is 0 Å². The van der Waals surface area contributed by atoms with Crippen molar-refractivity contribution < 1.29 is 13.2 Å². The number of benzene rings is 2. The van der Waals surface area contributed by atoms with Gasteiger partial charge in [-0.25, -0.2) is 13.1 Å². The molecule has 27 heavy (non-hydrogen) atoms. The topological polar surface area (TPSA) is 78.5 Å². The summed E-state index contributed by atoms with van der Waals surface area (Å²) in [7, 11) is 0.340. The molecule has 0 saturated carbocycles. The zero-order valence-electron chi connectivity index (χ0n) is 16.5. The molecule has 0 saturated heterocycles. The van der Waals surface area contributed by atoms with E-state index in [1.54, 1.807) is 26.0 Å². The molecule has 0 aliphatic rings. The van der Waals surface area contributed by atoms with Crippen LogP contribution in [0.2, 0.25) is 0 Å². The summed E-state index contributed by atoms with van der Waals surface area (Å²) in [5, 5.41) is 2.74. The van der Waals surface area contributed by atoms with Crippen LogP contribution in [-0.4, -0.2) is 35.0 Å². The van der Waals surface area contributed by atoms with Crippen molar-refractivity contribution >= 4 is 27.3 Å². The highest BCUT2D eigenvalue weighted by atomic mass is 32.2. The van der Waals surface area contributed by atoms with Crippen LogP contribution >= 0.6 is 0 Å². The van der Waals surface area contributed by atoms with Crippen molar-refractivity contribution in [3.8, 4) is 0 Å². The summed E-state index contributed by atoms with van der Waals surface area (Å²) in [6.07, 6.45) is 0.606. The van der Waals surface area contributed by atoms with E-state index in [0.717, 1.165) is 11.3 Å². The number of hydrogen-bond donors (Lipinski definition) is 2. The molecule has 146 valence electrons. The Balaban J connectivity index is 2.07. The van der Waals surface area contributed by atoms with E-state index in [-0.39, 0.29) is 10.8 Å². The van der Waals surface area contributed by atoms with Gasteiger partial charge in [-0.1, -0.05) is 12.1 Å². The van der Waals surface area contributed by atoms with E-state index in [1.807, 2.05) is 43.3 Å². The first-order chi connectivity index (χ1) is 12.6. The van der Waals surface area contributed by atoms with E-state index >= 15 is 0 Å². The van der Waals surface area contributed by atoms with Crippen LogP contribution in [0.4, 0.5) is 11.4 Å². The zero-order chi connectivity index (χ0) is 20.2. The molecule has 6 nitrogen and oxygen atoms in total. The van der Waals surface area contributed by atoms with E-state index < -0.39 is 10.0 Å². The molecule has 0 spiro atoms. The highest BCUT2D eigenvalue weighted by Gasteiger charge is 2.17. The van der Waals surface area contributed by atoms with Gasteiger partial charge in [0.15, 0.2) is 0 Å². The molecule has 0 aliphatic carbocycles. The fraction of sp³-hybridized carbons (Fsp3) is 0.350. The van der Waals surface area contributed by atoms with Crippen molar-refractivity contribution in [3.05, 3.63) is 53.1 Å². The molecule has 0 bridgehead atoms. The smallest absolute Gasteiger partial charge is 0.240 e. The number of sulfonamides is 1. The van der Waals surface area contributed by atoms with E-state index in [1.165, 1.54) is 6.92 Å². The lowest BCUT2D eigenvalue weighted by Crippen LogP contribution is -2.26. The van der Waals surface area contributed by atoms with Crippen molar-refractivity contribution in [2.45, 2.75) is 32.1 Å². The van der Waals surface area contributed by atoms with Gasteiger partial charge in [-0.05, 0) is 61.2 Å². The molecule has 2 N–H and O–H groups in total. The number of nitrogens with one attached hydrogen (secondary N) is 2. The minimum absolute atomic E-state index is 0.185. The second-order valence-electron chi connectivity index (χ2n) is 6.82. The first-order valence-corrected chi connectivity index (χ1v) is 10.2. The lowest BCUT2D eigenvalue weighted by molar-refractivity contribution is -0.114. The molecule has 0 unspecified atom stereocenters. The third kappa shape index (κ3) is 5.55. The van der Waals surface area contributed by atoms with Crippen molar-refractivity contribution in [2.75, 3.05) is 30.9 Å². The van der Waals surface area contributed by atoms with Crippen LogP contribution in [0.25, 0.3) is 0 Å². The fourth-order valence-corrected chi connectivity index (χ4v) is 4.03. The molecule has 1 amide bonds. The molecule has 0 heterocycles. The number of rotatable bonds is 7. The first-order valence-electron chi connectivity index (χ1n) is 8.75. The summed E-state index contributed by atoms with van der Waals surface area (Å²) < 4.78 is 27.8. The number of hydrogen-bond acceptors (Lipinski definition) is 4. The number of aryl methyl sites for hydroxylation is 2. The van der Waals surface area contributed by atoms with Gasteiger partial charge >= 0.3 is 0 Å². The molecule has 2 aromatic rings. The predicted molar refractivity (Wildman–Crippen MR) is 110 cm³/mol. The monoisotopic (exact) mass is 389 g/mol. The average Bonchev–Trinajstić information content (AvgIpc) is 2.58. The van der Waals surface area contributed by atoms with E-state index in [0.29, 0.717) is 29.8 Å². The molecule has 7 heteroatoms. The average molecular weight is 390 g/mol. The maximum atomic E-state index is 12.6. The molecule has 2 aromatic carbocycles. The van der Waals surface area contributed by atoms with E-state index in [2.05, 4.69) is 10.0 Å². The van der Waals surface area contributed by atoms with Crippen molar-refractivity contribution in [1.29, 1.82) is 0 Å². The highest BCUT2D eigenvalue weighted by molar-refractivity contribution is 7.89. The second kappa shape index (κ2) is 8.54. The number of nitrogens with zero attached hydrogens (tertiary/aromatic N) is 1. The van der Waals surface area contributed by atoms with Gasteiger partial charge in [-0.2, -0.15) is 0 Å². The van der Waals surface area contributed by atoms with Crippen LogP contribution in [0, 0.1) is 13.8 Å².